The summed E-state index contributed by atoms with van der Waals surface area (Å²) in [4.78, 5) is 24.1. The Morgan fingerprint density at radius 1 is 1.20 bits per heavy atom. The third-order valence-electron chi connectivity index (χ3n) is 4.32. The minimum atomic E-state index is -0.267. The molecule has 6 nitrogen and oxygen atoms in total. The summed E-state index contributed by atoms with van der Waals surface area (Å²) < 4.78 is 2.08. The van der Waals surface area contributed by atoms with Crippen molar-refractivity contribution in [2.45, 2.75) is 32.7 Å². The summed E-state index contributed by atoms with van der Waals surface area (Å²) in [6.45, 7) is 3.80. The molecule has 134 valence electrons. The molecule has 0 unspecified atom stereocenters. The van der Waals surface area contributed by atoms with Gasteiger partial charge in [-0.05, 0) is 56.5 Å². The zero-order valence-electron chi connectivity index (χ0n) is 15.2. The van der Waals surface area contributed by atoms with Gasteiger partial charge in [-0.2, -0.15) is 0 Å². The second-order valence-corrected chi connectivity index (χ2v) is 6.21. The van der Waals surface area contributed by atoms with E-state index in [0.29, 0.717) is 11.3 Å². The maximum Gasteiger partial charge on any atom is 0.319 e. The molecule has 0 aliphatic heterocycles. The first-order chi connectivity index (χ1) is 11.9. The molecule has 25 heavy (non-hydrogen) atoms. The molecule has 2 aromatic rings. The van der Waals surface area contributed by atoms with Gasteiger partial charge in [-0.15, -0.1) is 0 Å². The van der Waals surface area contributed by atoms with Gasteiger partial charge in [0.2, 0.25) is 0 Å². The Morgan fingerprint density at radius 3 is 2.60 bits per heavy atom. The first-order valence-corrected chi connectivity index (χ1v) is 8.41. The van der Waals surface area contributed by atoms with Gasteiger partial charge in [0.1, 0.15) is 0 Å². The van der Waals surface area contributed by atoms with Crippen molar-refractivity contribution in [3.05, 3.63) is 53.3 Å². The minimum absolute atomic E-state index is 0.0392. The van der Waals surface area contributed by atoms with Crippen LogP contribution in [0.3, 0.4) is 0 Å². The standard InChI is InChI=1S/C19H26N4O2/c1-13(10-11-15-7-6-12-23(15)4)21-19(25)22-17-9-5-8-16(14(17)2)18(24)20-3/h5-9,12-13H,10-11H2,1-4H3,(H,20,24)(H2,21,22,25)/t13-/m1/s1. The van der Waals surface area contributed by atoms with Crippen LogP contribution in [-0.4, -0.2) is 29.6 Å². The molecule has 0 radical (unpaired) electrons. The number of hydrogen-bond donors (Lipinski definition) is 3. The number of benzene rings is 1. The number of nitrogens with one attached hydrogen (secondary N) is 3. The molecule has 1 aromatic carbocycles. The zero-order chi connectivity index (χ0) is 18.4. The quantitative estimate of drug-likeness (QED) is 0.755. The second kappa shape index (κ2) is 8.37. The number of carbonyl (C=O) groups excluding carboxylic acids is 2. The molecule has 3 N–H and O–H groups in total. The van der Waals surface area contributed by atoms with Gasteiger partial charge in [-0.3, -0.25) is 4.79 Å². The van der Waals surface area contributed by atoms with E-state index in [1.54, 1.807) is 25.2 Å². The zero-order valence-corrected chi connectivity index (χ0v) is 15.2. The number of urea groups is 1. The molecule has 0 saturated heterocycles. The number of aryl methyl sites for hydroxylation is 2. The maximum absolute atomic E-state index is 12.2. The van der Waals surface area contributed by atoms with E-state index in [1.807, 2.05) is 33.2 Å². The van der Waals surface area contributed by atoms with Gasteiger partial charge < -0.3 is 20.5 Å². The highest BCUT2D eigenvalue weighted by Gasteiger charge is 2.13. The van der Waals surface area contributed by atoms with Crippen LogP contribution in [0.1, 0.15) is 35.0 Å². The summed E-state index contributed by atoms with van der Waals surface area (Å²) in [7, 11) is 3.60. The molecular weight excluding hydrogens is 316 g/mol. The van der Waals surface area contributed by atoms with E-state index in [-0.39, 0.29) is 18.0 Å². The highest BCUT2D eigenvalue weighted by molar-refractivity contribution is 5.98. The van der Waals surface area contributed by atoms with Crippen molar-refractivity contribution in [3.63, 3.8) is 0 Å². The summed E-state index contributed by atoms with van der Waals surface area (Å²) in [6.07, 6.45) is 3.76. The predicted octanol–water partition coefficient (Wildman–Crippen LogP) is 2.84. The molecule has 2 rings (SSSR count). The van der Waals surface area contributed by atoms with Crippen LogP contribution < -0.4 is 16.0 Å². The lowest BCUT2D eigenvalue weighted by molar-refractivity contribution is 0.0962. The minimum Gasteiger partial charge on any atom is -0.355 e. The molecule has 3 amide bonds. The Morgan fingerprint density at radius 2 is 1.96 bits per heavy atom. The Balaban J connectivity index is 1.91. The number of amides is 3. The third kappa shape index (κ3) is 4.86. The summed E-state index contributed by atoms with van der Waals surface area (Å²) in [5, 5.41) is 8.37. The van der Waals surface area contributed by atoms with E-state index < -0.39 is 0 Å². The van der Waals surface area contributed by atoms with Crippen LogP contribution >= 0.6 is 0 Å². The lowest BCUT2D eigenvalue weighted by atomic mass is 10.1. The van der Waals surface area contributed by atoms with Crippen molar-refractivity contribution < 1.29 is 9.59 Å². The Kier molecular flexibility index (Phi) is 6.22. The van der Waals surface area contributed by atoms with Crippen LogP contribution in [-0.2, 0) is 13.5 Å². The second-order valence-electron chi connectivity index (χ2n) is 6.21. The van der Waals surface area contributed by atoms with Gasteiger partial charge in [0, 0.05) is 43.3 Å². The van der Waals surface area contributed by atoms with Crippen molar-refractivity contribution in [3.8, 4) is 0 Å². The van der Waals surface area contributed by atoms with Crippen molar-refractivity contribution in [2.24, 2.45) is 7.05 Å². The molecule has 0 fully saturated rings. The van der Waals surface area contributed by atoms with E-state index in [9.17, 15) is 9.59 Å². The van der Waals surface area contributed by atoms with Crippen LogP contribution in [0.15, 0.2) is 36.5 Å². The van der Waals surface area contributed by atoms with Gasteiger partial charge in [0.05, 0.1) is 0 Å². The highest BCUT2D eigenvalue weighted by Crippen LogP contribution is 2.19. The van der Waals surface area contributed by atoms with Gasteiger partial charge in [0.25, 0.3) is 5.91 Å². The smallest absolute Gasteiger partial charge is 0.319 e. The van der Waals surface area contributed by atoms with E-state index in [2.05, 4.69) is 26.6 Å². The number of hydrogen-bond acceptors (Lipinski definition) is 2. The van der Waals surface area contributed by atoms with E-state index in [4.69, 9.17) is 0 Å². The molecule has 1 atom stereocenters. The monoisotopic (exact) mass is 342 g/mol. The summed E-state index contributed by atoms with van der Waals surface area (Å²) in [6, 6.07) is 9.15. The van der Waals surface area contributed by atoms with Crippen LogP contribution in [0.25, 0.3) is 0 Å². The summed E-state index contributed by atoms with van der Waals surface area (Å²) >= 11 is 0. The molecule has 1 aromatic heterocycles. The van der Waals surface area contributed by atoms with Crippen molar-refractivity contribution in [1.82, 2.24) is 15.2 Å². The van der Waals surface area contributed by atoms with Crippen LogP contribution in [0, 0.1) is 6.92 Å². The van der Waals surface area contributed by atoms with Crippen molar-refractivity contribution in [2.75, 3.05) is 12.4 Å². The van der Waals surface area contributed by atoms with Crippen LogP contribution in [0.2, 0.25) is 0 Å². The number of nitrogens with zero attached hydrogens (tertiary/aromatic N) is 1. The molecule has 1 heterocycles. The maximum atomic E-state index is 12.2. The molecule has 0 aliphatic carbocycles. The number of carbonyl (C=O) groups is 2. The highest BCUT2D eigenvalue weighted by atomic mass is 16.2. The third-order valence-corrected chi connectivity index (χ3v) is 4.32. The van der Waals surface area contributed by atoms with Gasteiger partial charge in [-0.1, -0.05) is 6.07 Å². The first kappa shape index (κ1) is 18.6. The molecule has 0 aliphatic rings. The van der Waals surface area contributed by atoms with Crippen molar-refractivity contribution in [1.29, 1.82) is 0 Å². The number of rotatable bonds is 6. The fraction of sp³-hybridized carbons (Fsp3) is 0.368. The topological polar surface area (TPSA) is 75.2 Å². The van der Waals surface area contributed by atoms with E-state index in [1.165, 1.54) is 5.69 Å². The van der Waals surface area contributed by atoms with Gasteiger partial charge in [0.15, 0.2) is 0 Å². The average Bonchev–Trinajstić information content (AvgIpc) is 2.99. The number of aromatic nitrogens is 1. The normalized spacial score (nSPS) is 11.7. The van der Waals surface area contributed by atoms with E-state index >= 15 is 0 Å². The molecule has 0 bridgehead atoms. The molecule has 6 heteroatoms. The van der Waals surface area contributed by atoms with Crippen LogP contribution in [0.4, 0.5) is 10.5 Å². The summed E-state index contributed by atoms with van der Waals surface area (Å²) in [5.41, 5.74) is 3.17. The van der Waals surface area contributed by atoms with Gasteiger partial charge >= 0.3 is 6.03 Å². The lowest BCUT2D eigenvalue weighted by Gasteiger charge is -2.16. The molecule has 0 saturated carbocycles. The Hall–Kier alpha value is -2.76. The van der Waals surface area contributed by atoms with E-state index in [0.717, 1.165) is 18.4 Å². The fourth-order valence-electron chi connectivity index (χ4n) is 2.73. The molecule has 0 spiro atoms. The SMILES string of the molecule is CNC(=O)c1cccc(NC(=O)N[C@H](C)CCc2cccn2C)c1C. The predicted molar refractivity (Wildman–Crippen MR) is 99.9 cm³/mol. The Labute approximate surface area is 148 Å². The largest absolute Gasteiger partial charge is 0.355 e. The average molecular weight is 342 g/mol. The number of anilines is 1. The van der Waals surface area contributed by atoms with Crippen LogP contribution in [0.5, 0.6) is 0 Å². The first-order valence-electron chi connectivity index (χ1n) is 8.41. The Bertz CT molecular complexity index is 752. The molecular formula is C19H26N4O2. The van der Waals surface area contributed by atoms with Crippen molar-refractivity contribution >= 4 is 17.6 Å². The lowest BCUT2D eigenvalue weighted by Crippen LogP contribution is -2.36. The summed E-state index contributed by atoms with van der Waals surface area (Å²) in [5.74, 6) is -0.169. The fourth-order valence-corrected chi connectivity index (χ4v) is 2.73. The van der Waals surface area contributed by atoms with Gasteiger partial charge in [-0.25, -0.2) is 4.79 Å².